The predicted molar refractivity (Wildman–Crippen MR) is 77.2 cm³/mol. The molecule has 4 atom stereocenters. The van der Waals surface area contributed by atoms with E-state index in [9.17, 15) is 9.59 Å². The maximum absolute atomic E-state index is 12.1. The standard InChI is InChI=1S/C15H21NO2S/c1-8(2)15(3)14(18)16-13(19-15)7-10-5-11-4-9(10)6-12(11)17/h8-11H,4-7H2,1-3H3/t9-,10-,11-,15+/m1/s1. The largest absolute Gasteiger partial charge is 0.299 e. The molecule has 1 aliphatic heterocycles. The van der Waals surface area contributed by atoms with Gasteiger partial charge in [-0.1, -0.05) is 25.6 Å². The molecule has 2 fully saturated rings. The van der Waals surface area contributed by atoms with E-state index in [2.05, 4.69) is 18.8 Å². The third-order valence-electron chi connectivity index (χ3n) is 5.28. The van der Waals surface area contributed by atoms with E-state index in [1.165, 1.54) is 0 Å². The van der Waals surface area contributed by atoms with E-state index in [-0.39, 0.29) is 10.7 Å². The Hall–Kier alpha value is -0.640. The molecule has 3 aliphatic rings. The number of hydrogen-bond acceptors (Lipinski definition) is 3. The molecule has 19 heavy (non-hydrogen) atoms. The molecule has 104 valence electrons. The summed E-state index contributed by atoms with van der Waals surface area (Å²) in [6, 6.07) is 0. The molecule has 3 rings (SSSR count). The van der Waals surface area contributed by atoms with Gasteiger partial charge < -0.3 is 0 Å². The molecule has 2 saturated carbocycles. The minimum atomic E-state index is -0.372. The zero-order valence-electron chi connectivity index (χ0n) is 11.8. The van der Waals surface area contributed by atoms with E-state index >= 15 is 0 Å². The lowest BCUT2D eigenvalue weighted by molar-refractivity contribution is -0.122. The summed E-state index contributed by atoms with van der Waals surface area (Å²) in [5.41, 5.74) is 0. The van der Waals surface area contributed by atoms with Gasteiger partial charge in [0.15, 0.2) is 0 Å². The van der Waals surface area contributed by atoms with Crippen molar-refractivity contribution in [2.24, 2.45) is 28.7 Å². The summed E-state index contributed by atoms with van der Waals surface area (Å²) in [7, 11) is 0. The fourth-order valence-electron chi connectivity index (χ4n) is 3.61. The Balaban J connectivity index is 1.66. The number of aliphatic imine (C=N–C) groups is 1. The van der Waals surface area contributed by atoms with E-state index in [1.54, 1.807) is 11.8 Å². The van der Waals surface area contributed by atoms with Crippen molar-refractivity contribution in [2.75, 3.05) is 0 Å². The topological polar surface area (TPSA) is 46.5 Å². The quantitative estimate of drug-likeness (QED) is 0.797. The molecule has 2 aliphatic carbocycles. The number of fused-ring (bicyclic) bond motifs is 2. The van der Waals surface area contributed by atoms with Crippen LogP contribution in [0.5, 0.6) is 0 Å². The van der Waals surface area contributed by atoms with Gasteiger partial charge in [0.1, 0.15) is 10.5 Å². The molecule has 4 heteroatoms. The minimum Gasteiger partial charge on any atom is -0.299 e. The van der Waals surface area contributed by atoms with Crippen LogP contribution in [0, 0.1) is 23.7 Å². The monoisotopic (exact) mass is 279 g/mol. The van der Waals surface area contributed by atoms with E-state index in [0.29, 0.717) is 29.5 Å². The first-order valence-electron chi connectivity index (χ1n) is 7.24. The van der Waals surface area contributed by atoms with Crippen molar-refractivity contribution in [3.05, 3.63) is 0 Å². The Morgan fingerprint density at radius 3 is 2.58 bits per heavy atom. The van der Waals surface area contributed by atoms with Crippen LogP contribution >= 0.6 is 11.8 Å². The fraction of sp³-hybridized carbons (Fsp3) is 0.800. The molecule has 0 spiro atoms. The van der Waals surface area contributed by atoms with Gasteiger partial charge in [-0.15, -0.1) is 0 Å². The van der Waals surface area contributed by atoms with Gasteiger partial charge in [-0.2, -0.15) is 0 Å². The summed E-state index contributed by atoms with van der Waals surface area (Å²) in [6.45, 7) is 6.17. The van der Waals surface area contributed by atoms with Gasteiger partial charge in [0.2, 0.25) is 0 Å². The van der Waals surface area contributed by atoms with Crippen molar-refractivity contribution in [1.29, 1.82) is 0 Å². The molecular formula is C15H21NO2S. The van der Waals surface area contributed by atoms with Crippen molar-refractivity contribution in [3.63, 3.8) is 0 Å². The second-order valence-electron chi connectivity index (χ2n) is 6.74. The van der Waals surface area contributed by atoms with Crippen LogP contribution in [0.2, 0.25) is 0 Å². The average molecular weight is 279 g/mol. The third kappa shape index (κ3) is 2.08. The van der Waals surface area contributed by atoms with Gasteiger partial charge in [0.05, 0.1) is 5.04 Å². The second kappa shape index (κ2) is 4.44. The van der Waals surface area contributed by atoms with Gasteiger partial charge in [-0.05, 0) is 43.9 Å². The number of nitrogens with zero attached hydrogens (tertiary/aromatic N) is 1. The number of carbonyl (C=O) groups excluding carboxylic acids is 2. The van der Waals surface area contributed by atoms with Crippen LogP contribution in [-0.4, -0.2) is 21.5 Å². The van der Waals surface area contributed by atoms with Gasteiger partial charge in [-0.25, -0.2) is 4.99 Å². The lowest BCUT2D eigenvalue weighted by Crippen LogP contribution is -2.33. The molecule has 0 aromatic heterocycles. The average Bonchev–Trinajstić information content (AvgIpc) is 2.94. The summed E-state index contributed by atoms with van der Waals surface area (Å²) in [5, 5.41) is 1.01. The third-order valence-corrected chi connectivity index (χ3v) is 6.84. The highest BCUT2D eigenvalue weighted by Gasteiger charge is 2.48. The molecular weight excluding hydrogens is 258 g/mol. The number of Topliss-reactive ketones (excluding diaryl/α,β-unsaturated/α-hetero) is 1. The van der Waals surface area contributed by atoms with Crippen LogP contribution in [0.1, 0.15) is 46.5 Å². The summed E-state index contributed by atoms with van der Waals surface area (Å²) in [5.74, 6) is 2.24. The van der Waals surface area contributed by atoms with Crippen molar-refractivity contribution in [2.45, 2.75) is 51.2 Å². The highest BCUT2D eigenvalue weighted by molar-refractivity contribution is 8.16. The summed E-state index contributed by atoms with van der Waals surface area (Å²) in [4.78, 5) is 27.9. The highest BCUT2D eigenvalue weighted by atomic mass is 32.2. The molecule has 2 bridgehead atoms. The minimum absolute atomic E-state index is 0.0294. The summed E-state index contributed by atoms with van der Waals surface area (Å²) < 4.78 is -0.372. The highest BCUT2D eigenvalue weighted by Crippen LogP contribution is 2.50. The Morgan fingerprint density at radius 1 is 1.37 bits per heavy atom. The Bertz CT molecular complexity index is 471. The van der Waals surface area contributed by atoms with E-state index in [0.717, 1.165) is 30.7 Å². The number of thioether (sulfide) groups is 1. The lowest BCUT2D eigenvalue weighted by Gasteiger charge is -2.25. The van der Waals surface area contributed by atoms with Gasteiger partial charge >= 0.3 is 0 Å². The van der Waals surface area contributed by atoms with Gasteiger partial charge in [0, 0.05) is 12.3 Å². The maximum atomic E-state index is 12.1. The van der Waals surface area contributed by atoms with Crippen LogP contribution in [-0.2, 0) is 9.59 Å². The van der Waals surface area contributed by atoms with Crippen molar-refractivity contribution < 1.29 is 9.59 Å². The van der Waals surface area contributed by atoms with Crippen molar-refractivity contribution in [1.82, 2.24) is 0 Å². The zero-order chi connectivity index (χ0) is 13.8. The fourth-order valence-corrected chi connectivity index (χ4v) is 4.90. The van der Waals surface area contributed by atoms with Crippen LogP contribution in [0.3, 0.4) is 0 Å². The predicted octanol–water partition coefficient (Wildman–Crippen LogP) is 3.08. The number of hydrogen-bond donors (Lipinski definition) is 0. The van der Waals surface area contributed by atoms with Crippen molar-refractivity contribution in [3.8, 4) is 0 Å². The van der Waals surface area contributed by atoms with E-state index < -0.39 is 0 Å². The molecule has 0 radical (unpaired) electrons. The van der Waals surface area contributed by atoms with Crippen LogP contribution in [0.25, 0.3) is 0 Å². The maximum Gasteiger partial charge on any atom is 0.263 e. The Labute approximate surface area is 118 Å². The molecule has 0 N–H and O–H groups in total. The SMILES string of the molecule is CC(C)[C@]1(C)SC(C[C@H]2C[C@H]3C[C@@H]2CC3=O)=NC1=O. The summed E-state index contributed by atoms with van der Waals surface area (Å²) in [6.07, 6.45) is 3.78. The first kappa shape index (κ1) is 13.3. The zero-order valence-corrected chi connectivity index (χ0v) is 12.6. The first-order valence-corrected chi connectivity index (χ1v) is 8.05. The Kier molecular flexibility index (Phi) is 3.12. The molecule has 0 unspecified atom stereocenters. The Morgan fingerprint density at radius 2 is 2.11 bits per heavy atom. The van der Waals surface area contributed by atoms with Crippen LogP contribution in [0.15, 0.2) is 4.99 Å². The van der Waals surface area contributed by atoms with E-state index in [1.807, 2.05) is 6.92 Å². The molecule has 3 nitrogen and oxygen atoms in total. The van der Waals surface area contributed by atoms with Crippen LogP contribution in [0.4, 0.5) is 0 Å². The number of amides is 1. The molecule has 0 saturated heterocycles. The van der Waals surface area contributed by atoms with Crippen LogP contribution < -0.4 is 0 Å². The summed E-state index contributed by atoms with van der Waals surface area (Å²) >= 11 is 1.66. The van der Waals surface area contributed by atoms with E-state index in [4.69, 9.17) is 0 Å². The normalized spacial score (nSPS) is 41.5. The number of ketones is 1. The van der Waals surface area contributed by atoms with Gasteiger partial charge in [0.25, 0.3) is 5.91 Å². The lowest BCUT2D eigenvalue weighted by atomic mass is 9.86. The molecule has 1 heterocycles. The molecule has 1 amide bonds. The number of carbonyl (C=O) groups is 2. The number of rotatable bonds is 3. The second-order valence-corrected chi connectivity index (χ2v) is 8.26. The first-order chi connectivity index (χ1) is 8.90. The smallest absolute Gasteiger partial charge is 0.263 e. The van der Waals surface area contributed by atoms with Gasteiger partial charge in [-0.3, -0.25) is 9.59 Å². The molecule has 0 aromatic carbocycles. The molecule has 0 aromatic rings. The van der Waals surface area contributed by atoms with Crippen molar-refractivity contribution >= 4 is 28.5 Å².